The molecule has 0 aliphatic heterocycles. The van der Waals surface area contributed by atoms with Gasteiger partial charge in [0.05, 0.1) is 9.75 Å². The van der Waals surface area contributed by atoms with Gasteiger partial charge in [-0.05, 0) is 13.8 Å². The second-order valence-electron chi connectivity index (χ2n) is 3.91. The lowest BCUT2D eigenvalue weighted by Crippen LogP contribution is -2.53. The molecule has 6 nitrogen and oxygen atoms in total. The second kappa shape index (κ2) is 9.82. The van der Waals surface area contributed by atoms with Crippen molar-refractivity contribution in [2.24, 2.45) is 0 Å². The van der Waals surface area contributed by atoms with Gasteiger partial charge in [-0.1, -0.05) is 21.6 Å². The Morgan fingerprint density at radius 3 is 0.900 bits per heavy atom. The molecule has 20 heavy (non-hydrogen) atoms. The van der Waals surface area contributed by atoms with Crippen LogP contribution < -0.4 is 0 Å². The van der Waals surface area contributed by atoms with Crippen LogP contribution in [0.25, 0.3) is 0 Å². The third-order valence-electron chi connectivity index (χ3n) is 3.05. The van der Waals surface area contributed by atoms with Crippen molar-refractivity contribution in [3.05, 3.63) is 0 Å². The molecule has 0 rings (SSSR count). The summed E-state index contributed by atoms with van der Waals surface area (Å²) in [7, 11) is 7.67. The van der Waals surface area contributed by atoms with Gasteiger partial charge in [-0.25, -0.2) is 0 Å². The standard InChI is InChI=1S/C10H26O6S2Si2/c1-9(19(11-3,12-4)13-5)17-18-10(2)20(14-6,15-7)16-8/h9-10H,1-8H3. The van der Waals surface area contributed by atoms with Gasteiger partial charge in [0.15, 0.2) is 0 Å². The highest BCUT2D eigenvalue weighted by Gasteiger charge is 2.49. The highest BCUT2D eigenvalue weighted by Crippen LogP contribution is 2.39. The zero-order valence-electron chi connectivity index (χ0n) is 13.4. The third-order valence-corrected chi connectivity index (χ3v) is 14.7. The molecule has 0 fully saturated rings. The van der Waals surface area contributed by atoms with Crippen molar-refractivity contribution in [3.8, 4) is 0 Å². The molecule has 122 valence electrons. The van der Waals surface area contributed by atoms with Crippen LogP contribution in [0.2, 0.25) is 0 Å². The van der Waals surface area contributed by atoms with E-state index in [-0.39, 0.29) is 9.75 Å². The highest BCUT2D eigenvalue weighted by atomic mass is 33.1. The van der Waals surface area contributed by atoms with E-state index < -0.39 is 17.6 Å². The topological polar surface area (TPSA) is 55.4 Å². The molecule has 0 saturated heterocycles. The van der Waals surface area contributed by atoms with Crippen molar-refractivity contribution in [2.45, 2.75) is 23.6 Å². The van der Waals surface area contributed by atoms with Gasteiger partial charge < -0.3 is 26.6 Å². The molecular formula is C10H26O6S2Si2. The zero-order chi connectivity index (χ0) is 15.8. The van der Waals surface area contributed by atoms with E-state index in [4.69, 9.17) is 26.6 Å². The van der Waals surface area contributed by atoms with Crippen LogP contribution in [0, 0.1) is 0 Å². The quantitative estimate of drug-likeness (QED) is 0.408. The summed E-state index contributed by atoms with van der Waals surface area (Å²) in [5.41, 5.74) is 0. The Bertz CT molecular complexity index is 224. The van der Waals surface area contributed by atoms with Gasteiger partial charge in [-0.3, -0.25) is 0 Å². The summed E-state index contributed by atoms with van der Waals surface area (Å²) in [6.45, 7) is 4.06. The van der Waals surface area contributed by atoms with Gasteiger partial charge in [0.25, 0.3) is 0 Å². The Hall–Kier alpha value is 0.894. The minimum atomic E-state index is -2.64. The molecule has 0 heterocycles. The largest absolute Gasteiger partial charge is 0.514 e. The molecule has 0 radical (unpaired) electrons. The van der Waals surface area contributed by atoms with E-state index in [9.17, 15) is 0 Å². The SMILES string of the molecule is CO[Si](OC)(OC)C(C)SSC(C)[Si](OC)(OC)OC. The van der Waals surface area contributed by atoms with Crippen LogP contribution in [-0.2, 0) is 26.6 Å². The van der Waals surface area contributed by atoms with Crippen LogP contribution in [0.5, 0.6) is 0 Å². The molecule has 2 atom stereocenters. The Kier molecular flexibility index (Phi) is 10.3. The molecule has 10 heteroatoms. The molecule has 0 aromatic carbocycles. The van der Waals surface area contributed by atoms with Gasteiger partial charge in [-0.15, -0.1) is 0 Å². The second-order valence-corrected chi connectivity index (χ2v) is 14.3. The van der Waals surface area contributed by atoms with E-state index in [1.807, 2.05) is 13.8 Å². The Labute approximate surface area is 132 Å². The first-order valence-electron chi connectivity index (χ1n) is 6.04. The van der Waals surface area contributed by atoms with Crippen molar-refractivity contribution < 1.29 is 26.6 Å². The van der Waals surface area contributed by atoms with E-state index in [0.717, 1.165) is 0 Å². The van der Waals surface area contributed by atoms with Crippen molar-refractivity contribution in [3.63, 3.8) is 0 Å². The molecule has 0 aliphatic rings. The van der Waals surface area contributed by atoms with E-state index in [1.54, 1.807) is 64.2 Å². The van der Waals surface area contributed by atoms with Gasteiger partial charge in [0.2, 0.25) is 0 Å². The lowest BCUT2D eigenvalue weighted by atomic mass is 11.0. The summed E-state index contributed by atoms with van der Waals surface area (Å²) in [6.07, 6.45) is 0. The molecule has 0 saturated carbocycles. The van der Waals surface area contributed by atoms with E-state index in [1.165, 1.54) is 0 Å². The van der Waals surface area contributed by atoms with Crippen LogP contribution in [-0.4, -0.2) is 70.0 Å². The third kappa shape index (κ3) is 4.70. The fraction of sp³-hybridized carbons (Fsp3) is 1.00. The first-order chi connectivity index (χ1) is 9.41. The fourth-order valence-electron chi connectivity index (χ4n) is 1.78. The summed E-state index contributed by atoms with van der Waals surface area (Å²) >= 11 is 0. The molecule has 0 amide bonds. The number of hydrogen-bond acceptors (Lipinski definition) is 8. The molecule has 0 aromatic heterocycles. The number of hydrogen-bond donors (Lipinski definition) is 0. The summed E-state index contributed by atoms with van der Waals surface area (Å²) < 4.78 is 32.8. The normalized spacial score (nSPS) is 16.2. The first kappa shape index (κ1) is 20.9. The van der Waals surface area contributed by atoms with E-state index in [2.05, 4.69) is 0 Å². The monoisotopic (exact) mass is 362 g/mol. The van der Waals surface area contributed by atoms with Crippen molar-refractivity contribution in [2.75, 3.05) is 42.7 Å². The van der Waals surface area contributed by atoms with Gasteiger partial charge >= 0.3 is 17.6 Å². The first-order valence-corrected chi connectivity index (χ1v) is 11.9. The van der Waals surface area contributed by atoms with E-state index >= 15 is 0 Å². The van der Waals surface area contributed by atoms with Crippen molar-refractivity contribution >= 4 is 39.2 Å². The highest BCUT2D eigenvalue weighted by molar-refractivity contribution is 8.77. The lowest BCUT2D eigenvalue weighted by Gasteiger charge is -2.32. The molecule has 2 unspecified atom stereocenters. The van der Waals surface area contributed by atoms with Crippen LogP contribution in [0.3, 0.4) is 0 Å². The van der Waals surface area contributed by atoms with Gasteiger partial charge in [0.1, 0.15) is 0 Å². The van der Waals surface area contributed by atoms with Crippen LogP contribution >= 0.6 is 21.6 Å². The minimum Gasteiger partial charge on any atom is -0.376 e. The van der Waals surface area contributed by atoms with Crippen LogP contribution in [0.15, 0.2) is 0 Å². The molecular weight excluding hydrogens is 336 g/mol. The van der Waals surface area contributed by atoms with Crippen LogP contribution in [0.4, 0.5) is 0 Å². The minimum absolute atomic E-state index is 0.0761. The number of rotatable bonds is 11. The Morgan fingerprint density at radius 2 is 0.750 bits per heavy atom. The average Bonchev–Trinajstić information content (AvgIpc) is 2.49. The predicted molar refractivity (Wildman–Crippen MR) is 87.7 cm³/mol. The molecule has 0 spiro atoms. The molecule has 0 N–H and O–H groups in total. The average molecular weight is 363 g/mol. The maximum atomic E-state index is 5.47. The maximum absolute atomic E-state index is 5.47. The van der Waals surface area contributed by atoms with E-state index in [0.29, 0.717) is 0 Å². The predicted octanol–water partition coefficient (Wildman–Crippen LogP) is 1.98. The maximum Gasteiger partial charge on any atom is 0.514 e. The molecule has 0 bridgehead atoms. The molecule has 0 aromatic rings. The molecule has 0 aliphatic carbocycles. The van der Waals surface area contributed by atoms with Crippen LogP contribution in [0.1, 0.15) is 13.8 Å². The van der Waals surface area contributed by atoms with Gasteiger partial charge in [0, 0.05) is 42.7 Å². The lowest BCUT2D eigenvalue weighted by molar-refractivity contribution is 0.122. The summed E-state index contributed by atoms with van der Waals surface area (Å²) in [5, 5.41) is 0. The fourth-order valence-corrected chi connectivity index (χ4v) is 11.9. The van der Waals surface area contributed by atoms with Gasteiger partial charge in [-0.2, -0.15) is 0 Å². The summed E-state index contributed by atoms with van der Waals surface area (Å²) in [6, 6.07) is 0. The zero-order valence-corrected chi connectivity index (χ0v) is 17.1. The summed E-state index contributed by atoms with van der Waals surface area (Å²) in [4.78, 5) is 0.152. The smallest absolute Gasteiger partial charge is 0.376 e. The summed E-state index contributed by atoms with van der Waals surface area (Å²) in [5.74, 6) is 0. The van der Waals surface area contributed by atoms with Crippen molar-refractivity contribution in [1.29, 1.82) is 0 Å². The Balaban J connectivity index is 4.68. The van der Waals surface area contributed by atoms with Crippen molar-refractivity contribution in [1.82, 2.24) is 0 Å². The Morgan fingerprint density at radius 1 is 0.550 bits per heavy atom.